The number of hydrogen-bond donors (Lipinski definition) is 0. The van der Waals surface area contributed by atoms with Crippen LogP contribution in [0.3, 0.4) is 0 Å². The Bertz CT molecular complexity index is 567. The van der Waals surface area contributed by atoms with Crippen LogP contribution in [0.1, 0.15) is 28.9 Å². The van der Waals surface area contributed by atoms with Crippen molar-refractivity contribution in [2.45, 2.75) is 24.5 Å². The minimum atomic E-state index is -3.02. The van der Waals surface area contributed by atoms with Gasteiger partial charge in [-0.05, 0) is 31.4 Å². The molecule has 0 bridgehead atoms. The van der Waals surface area contributed by atoms with Crippen molar-refractivity contribution in [2.75, 3.05) is 19.3 Å². The second-order valence-electron chi connectivity index (χ2n) is 4.78. The smallest absolute Gasteiger partial charge is 0.263 e. The molecule has 7 heteroatoms. The van der Waals surface area contributed by atoms with E-state index >= 15 is 0 Å². The van der Waals surface area contributed by atoms with Crippen LogP contribution >= 0.6 is 22.9 Å². The van der Waals surface area contributed by atoms with Gasteiger partial charge in [0.25, 0.3) is 5.91 Å². The van der Waals surface area contributed by atoms with E-state index in [0.29, 0.717) is 35.1 Å². The maximum Gasteiger partial charge on any atom is 0.263 e. The van der Waals surface area contributed by atoms with E-state index in [0.717, 1.165) is 6.42 Å². The molecule has 1 aliphatic rings. The Morgan fingerprint density at radius 2 is 2.11 bits per heavy atom. The zero-order valence-corrected chi connectivity index (χ0v) is 13.0. The predicted molar refractivity (Wildman–Crippen MR) is 77.7 cm³/mol. The number of halogens is 1. The van der Waals surface area contributed by atoms with Crippen molar-refractivity contribution in [3.63, 3.8) is 0 Å². The zero-order valence-electron chi connectivity index (χ0n) is 10.6. The van der Waals surface area contributed by atoms with Crippen molar-refractivity contribution in [2.24, 2.45) is 0 Å². The van der Waals surface area contributed by atoms with Crippen LogP contribution in [0.5, 0.6) is 0 Å². The topological polar surface area (TPSA) is 54.5 Å². The van der Waals surface area contributed by atoms with Crippen LogP contribution in [0.15, 0.2) is 12.1 Å². The summed E-state index contributed by atoms with van der Waals surface area (Å²) >= 11 is 7.09. The largest absolute Gasteiger partial charge is 0.338 e. The summed E-state index contributed by atoms with van der Waals surface area (Å²) in [6.07, 6.45) is 3.15. The van der Waals surface area contributed by atoms with E-state index in [1.807, 2.05) is 0 Å². The summed E-state index contributed by atoms with van der Waals surface area (Å²) in [6, 6.07) is 3.42. The van der Waals surface area contributed by atoms with Gasteiger partial charge in [-0.1, -0.05) is 11.6 Å². The van der Waals surface area contributed by atoms with E-state index in [2.05, 4.69) is 0 Å². The molecular weight excluding hydrogens is 306 g/mol. The van der Waals surface area contributed by atoms with E-state index < -0.39 is 9.84 Å². The summed E-state index contributed by atoms with van der Waals surface area (Å²) < 4.78 is 23.7. The predicted octanol–water partition coefficient (Wildman–Crippen LogP) is 2.44. The number of thiophene rings is 1. The highest BCUT2D eigenvalue weighted by Gasteiger charge is 2.27. The number of rotatable bonds is 2. The van der Waals surface area contributed by atoms with Gasteiger partial charge in [0.2, 0.25) is 0 Å². The Balaban J connectivity index is 2.05. The molecule has 0 aliphatic carbocycles. The van der Waals surface area contributed by atoms with Crippen LogP contribution in [-0.4, -0.2) is 43.8 Å². The maximum atomic E-state index is 12.3. The van der Waals surface area contributed by atoms with E-state index in [9.17, 15) is 13.2 Å². The number of sulfone groups is 1. The highest BCUT2D eigenvalue weighted by Crippen LogP contribution is 2.24. The Hall–Kier alpha value is -0.590. The minimum absolute atomic E-state index is 0.0500. The van der Waals surface area contributed by atoms with Gasteiger partial charge in [-0.2, -0.15) is 0 Å². The molecule has 0 saturated carbocycles. The first-order valence-corrected chi connectivity index (χ1v) is 9.26. The lowest BCUT2D eigenvalue weighted by molar-refractivity contribution is 0.0766. The molecule has 1 saturated heterocycles. The third-order valence-electron chi connectivity index (χ3n) is 3.35. The Morgan fingerprint density at radius 3 is 2.68 bits per heavy atom. The van der Waals surface area contributed by atoms with Crippen LogP contribution in [0.2, 0.25) is 4.34 Å². The molecule has 0 aromatic carbocycles. The van der Waals surface area contributed by atoms with Crippen LogP contribution in [0.25, 0.3) is 0 Å². The van der Waals surface area contributed by atoms with Crippen LogP contribution in [0.4, 0.5) is 0 Å². The molecule has 1 atom stereocenters. The number of nitrogens with zero attached hydrogens (tertiary/aromatic N) is 1. The van der Waals surface area contributed by atoms with Crippen LogP contribution in [-0.2, 0) is 9.84 Å². The van der Waals surface area contributed by atoms with Crippen molar-refractivity contribution in [1.29, 1.82) is 0 Å². The number of carbonyl (C=O) groups excluding carboxylic acids is 1. The van der Waals surface area contributed by atoms with Crippen molar-refractivity contribution in [1.82, 2.24) is 4.90 Å². The Kier molecular flexibility index (Phi) is 4.53. The highest BCUT2D eigenvalue weighted by atomic mass is 35.5. The second kappa shape index (κ2) is 5.81. The molecule has 0 spiro atoms. The average molecular weight is 322 g/mol. The van der Waals surface area contributed by atoms with Crippen LogP contribution in [0, 0.1) is 0 Å². The molecule has 1 aromatic rings. The monoisotopic (exact) mass is 321 g/mol. The van der Waals surface area contributed by atoms with Crippen molar-refractivity contribution < 1.29 is 13.2 Å². The molecule has 1 aromatic heterocycles. The third kappa shape index (κ3) is 3.70. The van der Waals surface area contributed by atoms with Crippen LogP contribution < -0.4 is 0 Å². The van der Waals surface area contributed by atoms with Crippen molar-refractivity contribution >= 4 is 38.7 Å². The molecule has 0 N–H and O–H groups in total. The molecule has 2 heterocycles. The molecule has 1 aliphatic heterocycles. The second-order valence-corrected chi connectivity index (χ2v) is 8.82. The number of hydrogen-bond acceptors (Lipinski definition) is 4. The molecule has 1 unspecified atom stereocenters. The Labute approximate surface area is 122 Å². The SMILES string of the molecule is CS(=O)(=O)C1CCCN(C(=O)c2ccc(Cl)s2)CC1. The molecule has 1 fully saturated rings. The number of likely N-dealkylation sites (tertiary alicyclic amines) is 1. The van der Waals surface area contributed by atoms with Crippen molar-refractivity contribution in [3.05, 3.63) is 21.3 Å². The van der Waals surface area contributed by atoms with Gasteiger partial charge < -0.3 is 4.90 Å². The molecule has 19 heavy (non-hydrogen) atoms. The van der Waals surface area contributed by atoms with Gasteiger partial charge >= 0.3 is 0 Å². The van der Waals surface area contributed by atoms with Gasteiger partial charge in [0.05, 0.1) is 14.5 Å². The van der Waals surface area contributed by atoms with Gasteiger partial charge in [0, 0.05) is 19.3 Å². The summed E-state index contributed by atoms with van der Waals surface area (Å²) in [5.74, 6) is -0.0500. The molecular formula is C12H16ClNO3S2. The van der Waals surface area contributed by atoms with E-state index in [4.69, 9.17) is 11.6 Å². The lowest BCUT2D eigenvalue weighted by atomic mass is 10.2. The first-order valence-electron chi connectivity index (χ1n) is 6.11. The highest BCUT2D eigenvalue weighted by molar-refractivity contribution is 7.91. The number of carbonyl (C=O) groups is 1. The minimum Gasteiger partial charge on any atom is -0.338 e. The Morgan fingerprint density at radius 1 is 1.37 bits per heavy atom. The van der Waals surface area contributed by atoms with Gasteiger partial charge in [0.1, 0.15) is 9.84 Å². The van der Waals surface area contributed by atoms with Crippen molar-refractivity contribution in [3.8, 4) is 0 Å². The normalized spacial score (nSPS) is 21.2. The van der Waals surface area contributed by atoms with E-state index in [1.165, 1.54) is 17.6 Å². The molecule has 4 nitrogen and oxygen atoms in total. The first-order chi connectivity index (χ1) is 8.88. The summed E-state index contributed by atoms with van der Waals surface area (Å²) in [4.78, 5) is 14.6. The van der Waals surface area contributed by atoms with E-state index in [-0.39, 0.29) is 11.2 Å². The molecule has 106 valence electrons. The maximum absolute atomic E-state index is 12.3. The average Bonchev–Trinajstić information content (AvgIpc) is 2.62. The lowest BCUT2D eigenvalue weighted by Gasteiger charge is -2.19. The van der Waals surface area contributed by atoms with Gasteiger partial charge in [0.15, 0.2) is 0 Å². The fourth-order valence-corrected chi connectivity index (χ4v) is 4.42. The summed E-state index contributed by atoms with van der Waals surface area (Å²) in [6.45, 7) is 1.10. The van der Waals surface area contributed by atoms with Gasteiger partial charge in [-0.25, -0.2) is 8.42 Å². The van der Waals surface area contributed by atoms with E-state index in [1.54, 1.807) is 17.0 Å². The first kappa shape index (κ1) is 14.8. The standard InChI is InChI=1S/C12H16ClNO3S2/c1-19(16,17)9-3-2-7-14(8-6-9)12(15)10-4-5-11(13)18-10/h4-5,9H,2-3,6-8H2,1H3. The summed E-state index contributed by atoms with van der Waals surface area (Å²) in [5.41, 5.74) is 0. The summed E-state index contributed by atoms with van der Waals surface area (Å²) in [7, 11) is -3.02. The molecule has 1 amide bonds. The molecule has 0 radical (unpaired) electrons. The zero-order chi connectivity index (χ0) is 14.0. The van der Waals surface area contributed by atoms with Gasteiger partial charge in [-0.15, -0.1) is 11.3 Å². The quantitative estimate of drug-likeness (QED) is 0.840. The summed E-state index contributed by atoms with van der Waals surface area (Å²) in [5, 5.41) is -0.322. The fourth-order valence-electron chi connectivity index (χ4n) is 2.28. The number of amides is 1. The molecule has 2 rings (SSSR count). The fraction of sp³-hybridized carbons (Fsp3) is 0.583. The lowest BCUT2D eigenvalue weighted by Crippen LogP contribution is -2.32. The third-order valence-corrected chi connectivity index (χ3v) is 6.25. The van der Waals surface area contributed by atoms with Gasteiger partial charge in [-0.3, -0.25) is 4.79 Å².